The van der Waals surface area contributed by atoms with Crippen LogP contribution in [0.5, 0.6) is 5.75 Å². The highest BCUT2D eigenvalue weighted by atomic mass is 32.1. The first kappa shape index (κ1) is 12.7. The maximum Gasteiger partial charge on any atom is 0.308 e. The molecule has 0 N–H and O–H groups in total. The molecule has 3 rings (SSSR count). The second-order valence-corrected chi connectivity index (χ2v) is 4.79. The van der Waals surface area contributed by atoms with Crippen LogP contribution in [0.2, 0.25) is 0 Å². The number of hydrogen-bond acceptors (Lipinski definition) is 5. The Morgan fingerprint density at radius 1 is 1.15 bits per heavy atom. The van der Waals surface area contributed by atoms with Crippen LogP contribution in [0, 0.1) is 0 Å². The van der Waals surface area contributed by atoms with Crippen LogP contribution in [-0.2, 0) is 4.79 Å². The van der Waals surface area contributed by atoms with Crippen molar-refractivity contribution < 1.29 is 13.9 Å². The van der Waals surface area contributed by atoms with Gasteiger partial charge in [-0.2, -0.15) is 0 Å². The van der Waals surface area contributed by atoms with Crippen molar-refractivity contribution in [2.24, 2.45) is 0 Å². The minimum Gasteiger partial charge on any atom is -0.456 e. The Bertz CT molecular complexity index is 895. The first-order valence-corrected chi connectivity index (χ1v) is 6.38. The van der Waals surface area contributed by atoms with E-state index in [9.17, 15) is 9.59 Å². The van der Waals surface area contributed by atoms with Gasteiger partial charge in [0.2, 0.25) is 5.43 Å². The number of hydrogen-bond donors (Lipinski definition) is 1. The van der Waals surface area contributed by atoms with Gasteiger partial charge in [0.1, 0.15) is 16.6 Å². The topological polar surface area (TPSA) is 56.5 Å². The van der Waals surface area contributed by atoms with Gasteiger partial charge in [0.25, 0.3) is 0 Å². The summed E-state index contributed by atoms with van der Waals surface area (Å²) in [6.07, 6.45) is 0. The molecule has 0 atom stereocenters. The van der Waals surface area contributed by atoms with Crippen molar-refractivity contribution in [3.63, 3.8) is 0 Å². The Hall–Kier alpha value is -2.27. The zero-order chi connectivity index (χ0) is 14.3. The lowest BCUT2D eigenvalue weighted by molar-refractivity contribution is -0.131. The average Bonchev–Trinajstić information content (AvgIpc) is 2.42. The van der Waals surface area contributed by atoms with Crippen molar-refractivity contribution >= 4 is 40.5 Å². The van der Waals surface area contributed by atoms with Gasteiger partial charge in [-0.05, 0) is 24.3 Å². The Balaban J connectivity index is 2.50. The molecular formula is C15H10O4S. The lowest BCUT2D eigenvalue weighted by Gasteiger charge is -2.08. The van der Waals surface area contributed by atoms with Crippen molar-refractivity contribution in [1.29, 1.82) is 0 Å². The molecular weight excluding hydrogens is 276 g/mol. The third kappa shape index (κ3) is 1.96. The van der Waals surface area contributed by atoms with E-state index in [0.717, 1.165) is 0 Å². The highest BCUT2D eigenvalue weighted by Crippen LogP contribution is 2.32. The van der Waals surface area contributed by atoms with E-state index in [2.05, 4.69) is 12.6 Å². The molecule has 3 aromatic rings. The minimum absolute atomic E-state index is 0.137. The summed E-state index contributed by atoms with van der Waals surface area (Å²) in [5.74, 6) is -0.377. The van der Waals surface area contributed by atoms with Crippen molar-refractivity contribution in [3.05, 3.63) is 46.6 Å². The number of esters is 1. The molecule has 0 aliphatic heterocycles. The number of thiol groups is 1. The fourth-order valence-electron chi connectivity index (χ4n) is 2.10. The van der Waals surface area contributed by atoms with Crippen LogP contribution in [0.25, 0.3) is 21.9 Å². The summed E-state index contributed by atoms with van der Waals surface area (Å²) in [5, 5.41) is 0.665. The smallest absolute Gasteiger partial charge is 0.308 e. The Kier molecular flexibility index (Phi) is 2.99. The second kappa shape index (κ2) is 4.68. The summed E-state index contributed by atoms with van der Waals surface area (Å²) in [7, 11) is 0. The molecule has 2 aromatic carbocycles. The third-order valence-corrected chi connectivity index (χ3v) is 3.28. The summed E-state index contributed by atoms with van der Waals surface area (Å²) < 4.78 is 10.8. The van der Waals surface area contributed by atoms with Crippen molar-refractivity contribution in [2.45, 2.75) is 11.8 Å². The van der Waals surface area contributed by atoms with E-state index >= 15 is 0 Å². The van der Waals surface area contributed by atoms with Gasteiger partial charge in [0.15, 0.2) is 5.75 Å². The van der Waals surface area contributed by atoms with Crippen LogP contribution in [0.3, 0.4) is 0 Å². The predicted molar refractivity (Wildman–Crippen MR) is 78.6 cm³/mol. The molecule has 0 radical (unpaired) electrons. The van der Waals surface area contributed by atoms with Crippen LogP contribution in [0.15, 0.2) is 50.5 Å². The van der Waals surface area contributed by atoms with Gasteiger partial charge in [-0.3, -0.25) is 9.59 Å². The van der Waals surface area contributed by atoms with E-state index in [-0.39, 0.29) is 16.6 Å². The van der Waals surface area contributed by atoms with Crippen LogP contribution in [-0.4, -0.2) is 5.97 Å². The molecule has 0 amide bonds. The van der Waals surface area contributed by atoms with E-state index in [1.807, 2.05) is 0 Å². The average molecular weight is 286 g/mol. The molecule has 4 nitrogen and oxygen atoms in total. The van der Waals surface area contributed by atoms with Gasteiger partial charge >= 0.3 is 5.97 Å². The number of rotatable bonds is 1. The van der Waals surface area contributed by atoms with Crippen molar-refractivity contribution in [3.8, 4) is 5.75 Å². The number of benzene rings is 2. The van der Waals surface area contributed by atoms with Gasteiger partial charge in [-0.15, -0.1) is 12.6 Å². The lowest BCUT2D eigenvalue weighted by Crippen LogP contribution is -2.08. The van der Waals surface area contributed by atoms with Crippen LogP contribution in [0.4, 0.5) is 0 Å². The highest BCUT2D eigenvalue weighted by molar-refractivity contribution is 7.80. The number of carbonyl (C=O) groups excluding carboxylic acids is 1. The van der Waals surface area contributed by atoms with Crippen LogP contribution >= 0.6 is 12.6 Å². The van der Waals surface area contributed by atoms with Crippen LogP contribution in [0.1, 0.15) is 6.92 Å². The molecule has 100 valence electrons. The normalized spacial score (nSPS) is 10.9. The molecule has 20 heavy (non-hydrogen) atoms. The largest absolute Gasteiger partial charge is 0.456 e. The molecule has 0 unspecified atom stereocenters. The SMILES string of the molecule is CC(=O)Oc1c(S)ccc2oc3ccccc3c(=O)c12. The zero-order valence-electron chi connectivity index (χ0n) is 10.5. The maximum absolute atomic E-state index is 12.6. The number of carbonyl (C=O) groups is 1. The Morgan fingerprint density at radius 3 is 2.65 bits per heavy atom. The fourth-order valence-corrected chi connectivity index (χ4v) is 2.33. The molecule has 0 aliphatic rings. The molecule has 5 heteroatoms. The minimum atomic E-state index is -0.514. The number of fused-ring (bicyclic) bond motifs is 2. The highest BCUT2D eigenvalue weighted by Gasteiger charge is 2.16. The van der Waals surface area contributed by atoms with Gasteiger partial charge in [0, 0.05) is 11.8 Å². The predicted octanol–water partition coefficient (Wildman–Crippen LogP) is 3.16. The quantitative estimate of drug-likeness (QED) is 0.323. The fraction of sp³-hybridized carbons (Fsp3) is 0.0667. The van der Waals surface area contributed by atoms with Crippen molar-refractivity contribution in [2.75, 3.05) is 0 Å². The van der Waals surface area contributed by atoms with E-state index in [1.54, 1.807) is 36.4 Å². The number of ether oxygens (including phenoxy) is 1. The molecule has 0 aliphatic carbocycles. The third-order valence-electron chi connectivity index (χ3n) is 2.92. The monoisotopic (exact) mass is 286 g/mol. The van der Waals surface area contributed by atoms with E-state index in [4.69, 9.17) is 9.15 Å². The van der Waals surface area contributed by atoms with Gasteiger partial charge in [-0.25, -0.2) is 0 Å². The molecule has 0 fully saturated rings. The lowest BCUT2D eigenvalue weighted by atomic mass is 10.1. The first-order valence-electron chi connectivity index (χ1n) is 5.94. The molecule has 0 spiro atoms. The van der Waals surface area contributed by atoms with E-state index in [0.29, 0.717) is 21.4 Å². The first-order chi connectivity index (χ1) is 9.58. The Labute approximate surface area is 119 Å². The van der Waals surface area contributed by atoms with E-state index < -0.39 is 5.97 Å². The molecule has 0 bridgehead atoms. The van der Waals surface area contributed by atoms with E-state index in [1.165, 1.54) is 6.92 Å². The molecule has 0 saturated heterocycles. The molecule has 0 saturated carbocycles. The summed E-state index contributed by atoms with van der Waals surface area (Å²) >= 11 is 4.23. The summed E-state index contributed by atoms with van der Waals surface area (Å²) in [5.41, 5.74) is 0.613. The summed E-state index contributed by atoms with van der Waals surface area (Å²) in [4.78, 5) is 24.2. The van der Waals surface area contributed by atoms with Gasteiger partial charge in [-0.1, -0.05) is 12.1 Å². The Morgan fingerprint density at radius 2 is 1.90 bits per heavy atom. The van der Waals surface area contributed by atoms with Crippen LogP contribution < -0.4 is 10.2 Å². The van der Waals surface area contributed by atoms with Gasteiger partial charge < -0.3 is 9.15 Å². The van der Waals surface area contributed by atoms with Gasteiger partial charge in [0.05, 0.1) is 5.39 Å². The zero-order valence-corrected chi connectivity index (χ0v) is 11.4. The second-order valence-electron chi connectivity index (χ2n) is 4.31. The molecule has 1 aromatic heterocycles. The summed E-state index contributed by atoms with van der Waals surface area (Å²) in [6.45, 7) is 1.27. The standard InChI is InChI=1S/C15H10O4S/c1-8(16)18-15-12(20)7-6-11-13(15)14(17)9-4-2-3-5-10(9)19-11/h2-7,20H,1H3. The maximum atomic E-state index is 12.6. The molecule has 1 heterocycles. The number of para-hydroxylation sites is 1. The van der Waals surface area contributed by atoms with Crippen molar-refractivity contribution in [1.82, 2.24) is 0 Å². The summed E-state index contributed by atoms with van der Waals surface area (Å²) in [6, 6.07) is 10.2.